The van der Waals surface area contributed by atoms with E-state index in [1.807, 2.05) is 18.2 Å². The molecular weight excluding hydrogens is 311 g/mol. The summed E-state index contributed by atoms with van der Waals surface area (Å²) >= 11 is 6.32. The van der Waals surface area contributed by atoms with Gasteiger partial charge in [0.15, 0.2) is 0 Å². The Morgan fingerprint density at radius 1 is 1.24 bits per heavy atom. The number of nitrogens with two attached hydrogens (primary N) is 1. The van der Waals surface area contributed by atoms with Crippen molar-refractivity contribution in [2.75, 3.05) is 7.11 Å². The van der Waals surface area contributed by atoms with Crippen LogP contribution in [0, 0.1) is 0 Å². The second kappa shape index (κ2) is 6.30. The number of rotatable bonds is 3. The molecule has 0 aliphatic rings. The maximum absolute atomic E-state index is 6.32. The van der Waals surface area contributed by atoms with Gasteiger partial charge >= 0.3 is 0 Å². The molecule has 3 aromatic rings. The average Bonchev–Trinajstić information content (AvgIpc) is 2.88. The van der Waals surface area contributed by atoms with Crippen LogP contribution in [0.1, 0.15) is 5.69 Å². The minimum absolute atomic E-state index is 0. The topological polar surface area (TPSA) is 76.8 Å². The SMILES string of the molecule is COc1cnc(-c2cc3[nH]c(CN)cc3cc2Cl)cn1.Cl. The first-order valence-corrected chi connectivity index (χ1v) is 6.46. The molecule has 0 saturated carbocycles. The van der Waals surface area contributed by atoms with Crippen molar-refractivity contribution in [1.29, 1.82) is 0 Å². The second-order valence-electron chi connectivity index (χ2n) is 4.36. The molecule has 0 atom stereocenters. The fourth-order valence-electron chi connectivity index (χ4n) is 2.08. The molecule has 0 radical (unpaired) electrons. The van der Waals surface area contributed by atoms with Crippen molar-refractivity contribution in [1.82, 2.24) is 15.0 Å². The smallest absolute Gasteiger partial charge is 0.232 e. The normalized spacial score (nSPS) is 10.4. The van der Waals surface area contributed by atoms with Gasteiger partial charge in [-0.05, 0) is 18.2 Å². The highest BCUT2D eigenvalue weighted by Crippen LogP contribution is 2.31. The van der Waals surface area contributed by atoms with Crippen LogP contribution in [0.5, 0.6) is 5.88 Å². The molecule has 1 aromatic carbocycles. The third-order valence-electron chi connectivity index (χ3n) is 3.10. The fourth-order valence-corrected chi connectivity index (χ4v) is 2.35. The maximum atomic E-state index is 6.32. The lowest BCUT2D eigenvalue weighted by Crippen LogP contribution is -1.95. The number of fused-ring (bicyclic) bond motifs is 1. The minimum Gasteiger partial charge on any atom is -0.480 e. The van der Waals surface area contributed by atoms with Gasteiger partial charge in [-0.15, -0.1) is 12.4 Å². The van der Waals surface area contributed by atoms with Crippen molar-refractivity contribution >= 4 is 34.9 Å². The van der Waals surface area contributed by atoms with Crippen LogP contribution < -0.4 is 10.5 Å². The molecule has 0 fully saturated rings. The quantitative estimate of drug-likeness (QED) is 0.775. The Morgan fingerprint density at radius 2 is 2.05 bits per heavy atom. The van der Waals surface area contributed by atoms with Gasteiger partial charge in [-0.3, -0.25) is 0 Å². The fraction of sp³-hybridized carbons (Fsp3) is 0.143. The standard InChI is InChI=1S/C14H13ClN4O.ClH/c1-20-14-7-17-13(6-18-14)10-4-12-8(3-11(10)15)2-9(5-16)19-12;/h2-4,6-7,19H,5,16H2,1H3;1H. The largest absolute Gasteiger partial charge is 0.480 e. The summed E-state index contributed by atoms with van der Waals surface area (Å²) in [7, 11) is 1.55. The summed E-state index contributed by atoms with van der Waals surface area (Å²) in [5.74, 6) is 0.469. The maximum Gasteiger partial charge on any atom is 0.232 e. The van der Waals surface area contributed by atoms with E-state index in [-0.39, 0.29) is 12.4 Å². The minimum atomic E-state index is 0. The molecule has 0 saturated heterocycles. The van der Waals surface area contributed by atoms with Crippen molar-refractivity contribution in [3.8, 4) is 17.1 Å². The highest BCUT2D eigenvalue weighted by Gasteiger charge is 2.10. The molecule has 0 amide bonds. The van der Waals surface area contributed by atoms with E-state index < -0.39 is 0 Å². The van der Waals surface area contributed by atoms with Crippen LogP contribution in [-0.2, 0) is 6.54 Å². The predicted octanol–water partition coefficient (Wildman–Crippen LogP) is 3.17. The molecule has 110 valence electrons. The van der Waals surface area contributed by atoms with E-state index in [1.165, 1.54) is 0 Å². The van der Waals surface area contributed by atoms with E-state index in [0.717, 1.165) is 22.2 Å². The lowest BCUT2D eigenvalue weighted by atomic mass is 10.1. The molecular formula is C14H14Cl2N4O. The zero-order chi connectivity index (χ0) is 14.1. The van der Waals surface area contributed by atoms with E-state index in [4.69, 9.17) is 22.1 Å². The van der Waals surface area contributed by atoms with Crippen LogP contribution in [0.4, 0.5) is 0 Å². The molecule has 3 rings (SSSR count). The number of halogens is 2. The number of ether oxygens (including phenoxy) is 1. The highest BCUT2D eigenvalue weighted by atomic mass is 35.5. The second-order valence-corrected chi connectivity index (χ2v) is 4.77. The van der Waals surface area contributed by atoms with Gasteiger partial charge in [-0.1, -0.05) is 11.6 Å². The molecule has 0 bridgehead atoms. The van der Waals surface area contributed by atoms with Gasteiger partial charge in [0.1, 0.15) is 0 Å². The van der Waals surface area contributed by atoms with Gasteiger partial charge in [-0.25, -0.2) is 9.97 Å². The van der Waals surface area contributed by atoms with Crippen molar-refractivity contribution < 1.29 is 4.74 Å². The third-order valence-corrected chi connectivity index (χ3v) is 3.41. The van der Waals surface area contributed by atoms with E-state index >= 15 is 0 Å². The molecule has 0 spiro atoms. The van der Waals surface area contributed by atoms with Crippen molar-refractivity contribution in [2.45, 2.75) is 6.54 Å². The van der Waals surface area contributed by atoms with Crippen molar-refractivity contribution in [3.05, 3.63) is 41.3 Å². The van der Waals surface area contributed by atoms with Crippen molar-refractivity contribution in [2.24, 2.45) is 5.73 Å². The van der Waals surface area contributed by atoms with Crippen LogP contribution in [0.2, 0.25) is 5.02 Å². The first kappa shape index (κ1) is 15.6. The molecule has 7 heteroatoms. The van der Waals surface area contributed by atoms with E-state index in [1.54, 1.807) is 19.5 Å². The van der Waals surface area contributed by atoms with Gasteiger partial charge in [0, 0.05) is 28.7 Å². The lowest BCUT2D eigenvalue weighted by molar-refractivity contribution is 0.396. The number of hydrogen-bond acceptors (Lipinski definition) is 4. The first-order valence-electron chi connectivity index (χ1n) is 6.09. The highest BCUT2D eigenvalue weighted by molar-refractivity contribution is 6.34. The predicted molar refractivity (Wildman–Crippen MR) is 86.0 cm³/mol. The van der Waals surface area contributed by atoms with Crippen LogP contribution in [-0.4, -0.2) is 22.1 Å². The number of methoxy groups -OCH3 is 1. The number of benzene rings is 1. The van der Waals surface area contributed by atoms with Crippen LogP contribution in [0.3, 0.4) is 0 Å². The Bertz CT molecular complexity index is 756. The first-order chi connectivity index (χ1) is 9.71. The Hall–Kier alpha value is -1.82. The Balaban J connectivity index is 0.00000161. The lowest BCUT2D eigenvalue weighted by Gasteiger charge is -2.05. The number of hydrogen-bond donors (Lipinski definition) is 2. The zero-order valence-corrected chi connectivity index (χ0v) is 12.8. The van der Waals surface area contributed by atoms with Gasteiger partial charge in [0.2, 0.25) is 5.88 Å². The molecule has 0 unspecified atom stereocenters. The summed E-state index contributed by atoms with van der Waals surface area (Å²) in [4.78, 5) is 11.7. The molecule has 21 heavy (non-hydrogen) atoms. The molecule has 2 heterocycles. The monoisotopic (exact) mass is 324 g/mol. The molecule has 3 N–H and O–H groups in total. The Kier molecular flexibility index (Phi) is 4.67. The van der Waals surface area contributed by atoms with Crippen LogP contribution >= 0.6 is 24.0 Å². The van der Waals surface area contributed by atoms with Gasteiger partial charge in [0.05, 0.1) is 30.2 Å². The summed E-state index contributed by atoms with van der Waals surface area (Å²) in [6.45, 7) is 0.462. The van der Waals surface area contributed by atoms with E-state index in [0.29, 0.717) is 23.1 Å². The third kappa shape index (κ3) is 2.95. The average molecular weight is 325 g/mol. The van der Waals surface area contributed by atoms with Crippen LogP contribution in [0.25, 0.3) is 22.2 Å². The molecule has 2 aromatic heterocycles. The number of nitrogens with one attached hydrogen (secondary N) is 1. The Labute approximate surface area is 132 Å². The van der Waals surface area contributed by atoms with Crippen molar-refractivity contribution in [3.63, 3.8) is 0 Å². The Morgan fingerprint density at radius 3 is 2.67 bits per heavy atom. The molecule has 5 nitrogen and oxygen atoms in total. The summed E-state index contributed by atoms with van der Waals surface area (Å²) < 4.78 is 5.00. The van der Waals surface area contributed by atoms with Crippen LogP contribution in [0.15, 0.2) is 30.6 Å². The molecule has 0 aliphatic carbocycles. The number of H-pyrrole nitrogens is 1. The van der Waals surface area contributed by atoms with E-state index in [9.17, 15) is 0 Å². The van der Waals surface area contributed by atoms with Gasteiger partial charge < -0.3 is 15.5 Å². The van der Waals surface area contributed by atoms with Gasteiger partial charge in [-0.2, -0.15) is 0 Å². The molecule has 0 aliphatic heterocycles. The number of aromatic amines is 1. The summed E-state index contributed by atoms with van der Waals surface area (Å²) in [6.07, 6.45) is 3.20. The van der Waals surface area contributed by atoms with Gasteiger partial charge in [0.25, 0.3) is 0 Å². The van der Waals surface area contributed by atoms with E-state index in [2.05, 4.69) is 15.0 Å². The number of aromatic nitrogens is 3. The zero-order valence-electron chi connectivity index (χ0n) is 11.3. The summed E-state index contributed by atoms with van der Waals surface area (Å²) in [6, 6.07) is 5.84. The summed E-state index contributed by atoms with van der Waals surface area (Å²) in [5.41, 5.74) is 9.09. The number of nitrogens with zero attached hydrogens (tertiary/aromatic N) is 2. The summed E-state index contributed by atoms with van der Waals surface area (Å²) in [5, 5.41) is 1.65.